The summed E-state index contributed by atoms with van der Waals surface area (Å²) in [7, 11) is 0. The molecule has 3 aromatic rings. The Morgan fingerprint density at radius 1 is 1.26 bits per heavy atom. The summed E-state index contributed by atoms with van der Waals surface area (Å²) in [6.07, 6.45) is -0.395. The second-order valence-corrected chi connectivity index (χ2v) is 5.86. The predicted octanol–water partition coefficient (Wildman–Crippen LogP) is 3.63. The van der Waals surface area contributed by atoms with Crippen LogP contribution in [0.2, 0.25) is 5.02 Å². The van der Waals surface area contributed by atoms with Gasteiger partial charge in [0, 0.05) is 17.0 Å². The van der Waals surface area contributed by atoms with Gasteiger partial charge in [-0.2, -0.15) is 5.10 Å². The Kier molecular flexibility index (Phi) is 3.85. The lowest BCUT2D eigenvalue weighted by atomic mass is 10.1. The van der Waals surface area contributed by atoms with Crippen LogP contribution in [-0.2, 0) is 0 Å². The second-order valence-electron chi connectivity index (χ2n) is 5.46. The molecule has 1 atom stereocenters. The third kappa shape index (κ3) is 2.82. The highest BCUT2D eigenvalue weighted by Crippen LogP contribution is 2.33. The van der Waals surface area contributed by atoms with Crippen molar-refractivity contribution < 1.29 is 9.15 Å². The molecule has 0 bridgehead atoms. The van der Waals surface area contributed by atoms with Crippen LogP contribution < -0.4 is 10.4 Å². The molecule has 2 heterocycles. The summed E-state index contributed by atoms with van der Waals surface area (Å²) in [6, 6.07) is 3.37. The molecule has 0 spiro atoms. The maximum Gasteiger partial charge on any atom is 0.339 e. The summed E-state index contributed by atoms with van der Waals surface area (Å²) in [5.74, 6) is 1.65. The molecule has 1 N–H and O–H groups in total. The van der Waals surface area contributed by atoms with E-state index in [-0.39, 0.29) is 5.63 Å². The fourth-order valence-electron chi connectivity index (χ4n) is 2.32. The SMILES string of the molecule is Cc1nc([C@H](C)Oc2cc3oc(=O)c(C)c(C)c3cc2Cl)n[nH]1. The van der Waals surface area contributed by atoms with Crippen LogP contribution in [0.4, 0.5) is 0 Å². The minimum absolute atomic E-state index is 0.360. The van der Waals surface area contributed by atoms with E-state index in [0.29, 0.717) is 33.6 Å². The van der Waals surface area contributed by atoms with E-state index in [2.05, 4.69) is 15.2 Å². The molecule has 0 unspecified atom stereocenters. The average molecular weight is 334 g/mol. The maximum atomic E-state index is 11.8. The minimum atomic E-state index is -0.395. The zero-order chi connectivity index (χ0) is 16.7. The molecule has 3 rings (SSSR count). The van der Waals surface area contributed by atoms with E-state index >= 15 is 0 Å². The van der Waals surface area contributed by atoms with Crippen molar-refractivity contribution >= 4 is 22.6 Å². The summed E-state index contributed by atoms with van der Waals surface area (Å²) < 4.78 is 11.2. The monoisotopic (exact) mass is 333 g/mol. The lowest BCUT2D eigenvalue weighted by molar-refractivity contribution is 0.217. The van der Waals surface area contributed by atoms with Crippen molar-refractivity contribution in [2.24, 2.45) is 0 Å². The predicted molar refractivity (Wildman–Crippen MR) is 87.1 cm³/mol. The first-order chi connectivity index (χ1) is 10.9. The number of nitrogens with one attached hydrogen (secondary N) is 1. The van der Waals surface area contributed by atoms with Gasteiger partial charge in [0.15, 0.2) is 11.9 Å². The summed E-state index contributed by atoms with van der Waals surface area (Å²) in [5, 5.41) is 8.06. The van der Waals surface area contributed by atoms with Crippen LogP contribution in [0.15, 0.2) is 21.3 Å². The van der Waals surface area contributed by atoms with E-state index in [0.717, 1.165) is 10.9 Å². The normalized spacial score (nSPS) is 12.6. The molecule has 0 amide bonds. The van der Waals surface area contributed by atoms with Gasteiger partial charge in [-0.25, -0.2) is 9.78 Å². The fourth-order valence-corrected chi connectivity index (χ4v) is 2.53. The Morgan fingerprint density at radius 3 is 2.65 bits per heavy atom. The topological polar surface area (TPSA) is 81.0 Å². The third-order valence-electron chi connectivity index (χ3n) is 3.79. The number of benzene rings is 1. The standard InChI is InChI=1S/C16H16ClN3O3/c1-7-8(2)16(21)23-13-6-14(12(17)5-11(7)13)22-9(3)15-18-10(4)19-20-15/h5-6,9H,1-4H3,(H,18,19,20)/t9-/m0/s1. The van der Waals surface area contributed by atoms with E-state index in [4.69, 9.17) is 20.8 Å². The Labute approximate surface area is 137 Å². The Bertz CT molecular complexity index is 946. The van der Waals surface area contributed by atoms with E-state index in [1.165, 1.54) is 0 Å². The molecule has 0 fully saturated rings. The molecule has 0 aliphatic rings. The molecule has 0 radical (unpaired) electrons. The summed E-state index contributed by atoms with van der Waals surface area (Å²) in [4.78, 5) is 16.1. The number of rotatable bonds is 3. The van der Waals surface area contributed by atoms with Gasteiger partial charge in [0.25, 0.3) is 0 Å². The summed E-state index contributed by atoms with van der Waals surface area (Å²) >= 11 is 6.31. The third-order valence-corrected chi connectivity index (χ3v) is 4.09. The average Bonchev–Trinajstić information content (AvgIpc) is 2.94. The molecule has 6 nitrogen and oxygen atoms in total. The summed E-state index contributed by atoms with van der Waals surface area (Å²) in [5.41, 5.74) is 1.51. The van der Waals surface area contributed by atoms with E-state index < -0.39 is 6.10 Å². The highest BCUT2D eigenvalue weighted by molar-refractivity contribution is 6.32. The van der Waals surface area contributed by atoms with Crippen molar-refractivity contribution in [3.8, 4) is 5.75 Å². The van der Waals surface area contributed by atoms with Crippen molar-refractivity contribution in [2.75, 3.05) is 0 Å². The van der Waals surface area contributed by atoms with Gasteiger partial charge in [0.1, 0.15) is 17.2 Å². The van der Waals surface area contributed by atoms with E-state index in [9.17, 15) is 4.79 Å². The van der Waals surface area contributed by atoms with Gasteiger partial charge in [0.05, 0.1) is 5.02 Å². The molecule has 0 saturated heterocycles. The Hall–Kier alpha value is -2.34. The lowest BCUT2D eigenvalue weighted by Crippen LogP contribution is -2.07. The Morgan fingerprint density at radius 2 is 2.00 bits per heavy atom. The van der Waals surface area contributed by atoms with Gasteiger partial charge < -0.3 is 9.15 Å². The number of aryl methyl sites for hydroxylation is 2. The number of hydrogen-bond acceptors (Lipinski definition) is 5. The van der Waals surface area contributed by atoms with Crippen molar-refractivity contribution in [3.63, 3.8) is 0 Å². The van der Waals surface area contributed by atoms with Crippen LogP contribution in [0.1, 0.15) is 35.8 Å². The minimum Gasteiger partial charge on any atom is -0.481 e. The number of H-pyrrole nitrogens is 1. The number of aromatic nitrogens is 3. The molecule has 0 saturated carbocycles. The smallest absolute Gasteiger partial charge is 0.339 e. The molecule has 7 heteroatoms. The van der Waals surface area contributed by atoms with Crippen LogP contribution in [0.25, 0.3) is 11.0 Å². The van der Waals surface area contributed by atoms with Gasteiger partial charge in [-0.05, 0) is 39.3 Å². The number of fused-ring (bicyclic) bond motifs is 1. The molecule has 2 aromatic heterocycles. The zero-order valence-corrected chi connectivity index (χ0v) is 14.0. The van der Waals surface area contributed by atoms with Crippen molar-refractivity contribution in [1.82, 2.24) is 15.2 Å². The number of halogens is 1. The molecule has 0 aliphatic heterocycles. The van der Waals surface area contributed by atoms with Crippen LogP contribution in [0, 0.1) is 20.8 Å². The van der Waals surface area contributed by atoms with Crippen LogP contribution in [-0.4, -0.2) is 15.2 Å². The van der Waals surface area contributed by atoms with Crippen molar-refractivity contribution in [1.29, 1.82) is 0 Å². The first-order valence-corrected chi connectivity index (χ1v) is 7.53. The molecule has 0 aliphatic carbocycles. The van der Waals surface area contributed by atoms with Crippen molar-refractivity contribution in [3.05, 3.63) is 50.4 Å². The first-order valence-electron chi connectivity index (χ1n) is 7.16. The van der Waals surface area contributed by atoms with Crippen LogP contribution >= 0.6 is 11.6 Å². The van der Waals surface area contributed by atoms with Crippen LogP contribution in [0.5, 0.6) is 5.75 Å². The zero-order valence-electron chi connectivity index (χ0n) is 13.2. The van der Waals surface area contributed by atoms with Gasteiger partial charge >= 0.3 is 5.63 Å². The quantitative estimate of drug-likeness (QED) is 0.740. The van der Waals surface area contributed by atoms with Crippen LogP contribution in [0.3, 0.4) is 0 Å². The highest BCUT2D eigenvalue weighted by atomic mass is 35.5. The second kappa shape index (κ2) is 5.70. The van der Waals surface area contributed by atoms with Gasteiger partial charge in [-0.3, -0.25) is 5.10 Å². The largest absolute Gasteiger partial charge is 0.481 e. The number of nitrogens with zero attached hydrogens (tertiary/aromatic N) is 2. The van der Waals surface area contributed by atoms with E-state index in [1.807, 2.05) is 20.8 Å². The number of hydrogen-bond donors (Lipinski definition) is 1. The fraction of sp³-hybridized carbons (Fsp3) is 0.312. The van der Waals surface area contributed by atoms with Crippen molar-refractivity contribution in [2.45, 2.75) is 33.8 Å². The van der Waals surface area contributed by atoms with Gasteiger partial charge in [-0.15, -0.1) is 0 Å². The molecular formula is C16H16ClN3O3. The van der Waals surface area contributed by atoms with Gasteiger partial charge in [-0.1, -0.05) is 11.6 Å². The lowest BCUT2D eigenvalue weighted by Gasteiger charge is -2.14. The Balaban J connectivity index is 2.03. The van der Waals surface area contributed by atoms with Gasteiger partial charge in [0.2, 0.25) is 0 Å². The molecule has 23 heavy (non-hydrogen) atoms. The summed E-state index contributed by atoms with van der Waals surface area (Å²) in [6.45, 7) is 7.22. The molecular weight excluding hydrogens is 318 g/mol. The highest BCUT2D eigenvalue weighted by Gasteiger charge is 2.17. The molecule has 120 valence electrons. The number of ether oxygens (including phenoxy) is 1. The first kappa shape index (κ1) is 15.6. The molecule has 1 aromatic carbocycles. The van der Waals surface area contributed by atoms with E-state index in [1.54, 1.807) is 19.1 Å². The maximum absolute atomic E-state index is 11.8. The number of aromatic amines is 1.